The third-order valence-electron chi connectivity index (χ3n) is 2.84. The Hall–Kier alpha value is -1.50. The van der Waals surface area contributed by atoms with Gasteiger partial charge < -0.3 is 0 Å². The molecule has 1 aliphatic rings. The molecule has 0 aromatic heterocycles. The van der Waals surface area contributed by atoms with Crippen molar-refractivity contribution in [1.29, 1.82) is 5.26 Å². The molecule has 1 aromatic rings. The second-order valence-electron chi connectivity index (χ2n) is 3.77. The molecule has 0 heterocycles. The molecule has 0 bridgehead atoms. The first-order valence-corrected chi connectivity index (χ1v) is 4.57. The summed E-state index contributed by atoms with van der Waals surface area (Å²) in [4.78, 5) is 0. The molecule has 15 heavy (non-hydrogen) atoms. The molecule has 2 rings (SSSR count). The van der Waals surface area contributed by atoms with Gasteiger partial charge in [-0.3, -0.25) is 0 Å². The van der Waals surface area contributed by atoms with E-state index in [1.807, 2.05) is 6.07 Å². The van der Waals surface area contributed by atoms with Crippen LogP contribution in [0.25, 0.3) is 0 Å². The molecule has 1 aromatic carbocycles. The Morgan fingerprint density at radius 3 is 2.40 bits per heavy atom. The summed E-state index contributed by atoms with van der Waals surface area (Å²) in [5, 5.41) is 8.62. The van der Waals surface area contributed by atoms with Gasteiger partial charge in [0.2, 0.25) is 0 Å². The second kappa shape index (κ2) is 2.99. The summed E-state index contributed by atoms with van der Waals surface area (Å²) < 4.78 is 38.2. The van der Waals surface area contributed by atoms with Crippen LogP contribution in [0.2, 0.25) is 0 Å². The highest BCUT2D eigenvalue weighted by molar-refractivity contribution is 5.40. The van der Waals surface area contributed by atoms with Crippen LogP contribution in [0.4, 0.5) is 13.2 Å². The lowest BCUT2D eigenvalue weighted by Gasteiger charge is -2.19. The van der Waals surface area contributed by atoms with E-state index in [9.17, 15) is 13.2 Å². The van der Waals surface area contributed by atoms with Crippen LogP contribution in [0.5, 0.6) is 0 Å². The van der Waals surface area contributed by atoms with E-state index in [0.29, 0.717) is 0 Å². The lowest BCUT2D eigenvalue weighted by molar-refractivity contribution is -0.160. The Morgan fingerprint density at radius 2 is 1.93 bits per heavy atom. The van der Waals surface area contributed by atoms with Crippen molar-refractivity contribution < 1.29 is 13.2 Å². The molecule has 4 heteroatoms. The third kappa shape index (κ3) is 1.48. The van der Waals surface area contributed by atoms with Crippen LogP contribution in [-0.4, -0.2) is 6.18 Å². The van der Waals surface area contributed by atoms with Crippen LogP contribution in [0.15, 0.2) is 24.3 Å². The molecule has 1 fully saturated rings. The minimum atomic E-state index is -4.21. The van der Waals surface area contributed by atoms with Gasteiger partial charge in [-0.1, -0.05) is 12.1 Å². The molecule has 78 valence electrons. The highest BCUT2D eigenvalue weighted by Crippen LogP contribution is 2.58. The lowest BCUT2D eigenvalue weighted by atomic mass is 9.94. The van der Waals surface area contributed by atoms with Crippen molar-refractivity contribution in [2.45, 2.75) is 24.4 Å². The summed E-state index contributed by atoms with van der Waals surface area (Å²) in [7, 11) is 0. The van der Waals surface area contributed by atoms with Gasteiger partial charge in [0.25, 0.3) is 0 Å². The average molecular weight is 211 g/mol. The molecule has 0 atom stereocenters. The molecule has 0 amide bonds. The fourth-order valence-electron chi connectivity index (χ4n) is 1.75. The van der Waals surface area contributed by atoms with Crippen LogP contribution in [0.1, 0.15) is 24.0 Å². The number of benzene rings is 1. The molecule has 1 aliphatic carbocycles. The normalized spacial score (nSPS) is 18.3. The van der Waals surface area contributed by atoms with Gasteiger partial charge in [0, 0.05) is 0 Å². The fourth-order valence-corrected chi connectivity index (χ4v) is 1.75. The van der Waals surface area contributed by atoms with E-state index >= 15 is 0 Å². The molecule has 0 N–H and O–H groups in total. The van der Waals surface area contributed by atoms with Gasteiger partial charge in [0.1, 0.15) is 0 Å². The van der Waals surface area contributed by atoms with Gasteiger partial charge in [-0.05, 0) is 30.5 Å². The first-order chi connectivity index (χ1) is 6.99. The van der Waals surface area contributed by atoms with Crippen LogP contribution in [-0.2, 0) is 5.41 Å². The summed E-state index contributed by atoms with van der Waals surface area (Å²) >= 11 is 0. The number of rotatable bonds is 1. The van der Waals surface area contributed by atoms with Crippen molar-refractivity contribution in [1.82, 2.24) is 0 Å². The topological polar surface area (TPSA) is 23.8 Å². The van der Waals surface area contributed by atoms with Crippen LogP contribution >= 0.6 is 0 Å². The molecular weight excluding hydrogens is 203 g/mol. The minimum Gasteiger partial charge on any atom is -0.192 e. The SMILES string of the molecule is N#Cc1cccc(C2(C(F)(F)F)CC2)c1. The van der Waals surface area contributed by atoms with Gasteiger partial charge in [0.15, 0.2) is 0 Å². The fraction of sp³-hybridized carbons (Fsp3) is 0.364. The Labute approximate surface area is 85.1 Å². The van der Waals surface area contributed by atoms with Crippen LogP contribution in [0, 0.1) is 11.3 Å². The lowest BCUT2D eigenvalue weighted by Crippen LogP contribution is -2.28. The summed E-state index contributed by atoms with van der Waals surface area (Å²) in [6.45, 7) is 0. The first kappa shape index (κ1) is 10.0. The predicted molar refractivity (Wildman–Crippen MR) is 48.1 cm³/mol. The van der Waals surface area contributed by atoms with E-state index in [2.05, 4.69) is 0 Å². The van der Waals surface area contributed by atoms with E-state index in [1.54, 1.807) is 0 Å². The van der Waals surface area contributed by atoms with Gasteiger partial charge in [-0.15, -0.1) is 0 Å². The smallest absolute Gasteiger partial charge is 0.192 e. The van der Waals surface area contributed by atoms with Gasteiger partial charge in [-0.25, -0.2) is 0 Å². The minimum absolute atomic E-state index is 0.130. The molecule has 0 unspecified atom stereocenters. The summed E-state index contributed by atoms with van der Waals surface area (Å²) in [5.41, 5.74) is -1.18. The van der Waals surface area contributed by atoms with Gasteiger partial charge in [-0.2, -0.15) is 18.4 Å². The zero-order valence-corrected chi connectivity index (χ0v) is 7.80. The highest BCUT2D eigenvalue weighted by atomic mass is 19.4. The maximum absolute atomic E-state index is 12.7. The summed E-state index contributed by atoms with van der Waals surface area (Å²) in [6.07, 6.45) is -3.95. The maximum Gasteiger partial charge on any atom is 0.398 e. The second-order valence-corrected chi connectivity index (χ2v) is 3.77. The molecular formula is C11H8F3N. The zero-order chi connectivity index (χ0) is 11.1. The number of nitrogens with zero attached hydrogens (tertiary/aromatic N) is 1. The summed E-state index contributed by atoms with van der Waals surface area (Å²) in [5.74, 6) is 0. The van der Waals surface area contributed by atoms with Crippen LogP contribution in [0.3, 0.4) is 0 Å². The number of alkyl halides is 3. The van der Waals surface area contributed by atoms with Crippen molar-refractivity contribution in [3.63, 3.8) is 0 Å². The monoisotopic (exact) mass is 211 g/mol. The van der Waals surface area contributed by atoms with Crippen molar-refractivity contribution in [3.8, 4) is 6.07 Å². The molecule has 0 saturated heterocycles. The largest absolute Gasteiger partial charge is 0.398 e. The van der Waals surface area contributed by atoms with E-state index in [4.69, 9.17) is 5.26 Å². The standard InChI is InChI=1S/C11H8F3N/c12-11(13,14)10(4-5-10)9-3-1-2-8(6-9)7-15/h1-3,6H,4-5H2. The Bertz CT molecular complexity index is 424. The number of halogens is 3. The van der Waals surface area contributed by atoms with E-state index < -0.39 is 11.6 Å². The molecule has 1 saturated carbocycles. The number of hydrogen-bond donors (Lipinski definition) is 0. The van der Waals surface area contributed by atoms with Gasteiger partial charge in [0.05, 0.1) is 17.0 Å². The number of hydrogen-bond acceptors (Lipinski definition) is 1. The van der Waals surface area contributed by atoms with Crippen molar-refractivity contribution >= 4 is 0 Å². The zero-order valence-electron chi connectivity index (χ0n) is 7.80. The Balaban J connectivity index is 2.43. The highest BCUT2D eigenvalue weighted by Gasteiger charge is 2.64. The quantitative estimate of drug-likeness (QED) is 0.700. The van der Waals surface area contributed by atoms with Crippen molar-refractivity contribution in [3.05, 3.63) is 35.4 Å². The van der Waals surface area contributed by atoms with Crippen LogP contribution < -0.4 is 0 Å². The Morgan fingerprint density at radius 1 is 1.27 bits per heavy atom. The van der Waals surface area contributed by atoms with Crippen molar-refractivity contribution in [2.24, 2.45) is 0 Å². The van der Waals surface area contributed by atoms with Gasteiger partial charge >= 0.3 is 6.18 Å². The molecule has 0 radical (unpaired) electrons. The Kier molecular flexibility index (Phi) is 2.00. The third-order valence-corrected chi connectivity index (χ3v) is 2.84. The molecule has 1 nitrogen and oxygen atoms in total. The average Bonchev–Trinajstić information content (AvgIpc) is 2.97. The molecule has 0 spiro atoms. The predicted octanol–water partition coefficient (Wildman–Crippen LogP) is 3.15. The maximum atomic E-state index is 12.7. The van der Waals surface area contributed by atoms with Crippen molar-refractivity contribution in [2.75, 3.05) is 0 Å². The van der Waals surface area contributed by atoms with E-state index in [0.717, 1.165) is 0 Å². The van der Waals surface area contributed by atoms with E-state index in [-0.39, 0.29) is 24.0 Å². The number of nitriles is 1. The first-order valence-electron chi connectivity index (χ1n) is 4.57. The molecule has 0 aliphatic heterocycles. The van der Waals surface area contributed by atoms with E-state index in [1.165, 1.54) is 24.3 Å². The summed E-state index contributed by atoms with van der Waals surface area (Å²) in [6, 6.07) is 7.64.